The molecule has 0 aromatic carbocycles. The molecule has 0 aliphatic heterocycles. The molecular weight excluding hydrogens is 554 g/mol. The van der Waals surface area contributed by atoms with Crippen molar-refractivity contribution in [2.45, 2.75) is 32.6 Å². The van der Waals surface area contributed by atoms with Crippen molar-refractivity contribution < 1.29 is 42.3 Å². The number of nitrogens with one attached hydrogen (secondary N) is 5. The predicted molar refractivity (Wildman–Crippen MR) is 154 cm³/mol. The molecule has 17 heteroatoms. The average molecular weight is 607 g/mol. The molecule has 0 aliphatic carbocycles. The Balaban J connectivity index is 4.11. The number of carbonyl (C=O) groups excluding carboxylic acids is 3. The molecule has 0 fully saturated rings. The van der Waals surface area contributed by atoms with Gasteiger partial charge >= 0.3 is 161 Å². The van der Waals surface area contributed by atoms with Gasteiger partial charge in [-0.3, -0.25) is 4.79 Å². The van der Waals surface area contributed by atoms with Crippen molar-refractivity contribution in [3.8, 4) is 0 Å². The second-order valence-electron chi connectivity index (χ2n) is 8.71. The molecule has 0 aliphatic rings. The zero-order valence-electron chi connectivity index (χ0n) is 24.1. The van der Waals surface area contributed by atoms with E-state index in [0.29, 0.717) is 58.7 Å². The van der Waals surface area contributed by atoms with Crippen molar-refractivity contribution in [2.75, 3.05) is 93.4 Å². The molecule has 0 aromatic rings. The van der Waals surface area contributed by atoms with Gasteiger partial charge in [0.15, 0.2) is 0 Å². The van der Waals surface area contributed by atoms with Gasteiger partial charge in [0.05, 0.1) is 0 Å². The summed E-state index contributed by atoms with van der Waals surface area (Å²) in [4.78, 5) is 58.3. The molecule has 0 spiro atoms. The van der Waals surface area contributed by atoms with Gasteiger partial charge < -0.3 is 16.0 Å². The maximum absolute atomic E-state index is 12.2. The van der Waals surface area contributed by atoms with E-state index in [9.17, 15) is 24.2 Å². The number of hydrogen-bond acceptors (Lipinski definition) is 12. The van der Waals surface area contributed by atoms with E-state index in [2.05, 4.69) is 26.6 Å². The van der Waals surface area contributed by atoms with Crippen molar-refractivity contribution in [3.63, 3.8) is 0 Å². The van der Waals surface area contributed by atoms with Crippen LogP contribution in [0, 0.1) is 0 Å². The Morgan fingerprint density at radius 2 is 1.05 bits per heavy atom. The third-order valence-corrected chi connectivity index (χ3v) is 9.95. The summed E-state index contributed by atoms with van der Waals surface area (Å²) in [5.41, 5.74) is 0. The minimum atomic E-state index is -3.46. The quantitative estimate of drug-likeness (QED) is 0.0490. The molecule has 0 unspecified atom stereocenters. The van der Waals surface area contributed by atoms with Crippen LogP contribution in [0.2, 0.25) is 0 Å². The molecule has 15 nitrogen and oxygen atoms in total. The van der Waals surface area contributed by atoms with Crippen LogP contribution in [0.1, 0.15) is 32.6 Å². The summed E-state index contributed by atoms with van der Waals surface area (Å²) in [7, 11) is -1.53. The SMILES string of the molecule is CCNCCC(=O)NCCNCCC(=O)NCCNC(=O)CCCN(C[PH](O)(OC)OC)C[PH](O)(OC)OC. The minimum absolute atomic E-state index is 0.00746. The second-order valence-corrected chi connectivity index (χ2v) is 13.8. The van der Waals surface area contributed by atoms with Gasteiger partial charge in [0.1, 0.15) is 0 Å². The standard InChI is InChI=1S/C22H52N6O9P2/c1-6-23-11-9-21(30)25-14-13-24-12-10-22(31)27-16-15-26-20(29)8-7-17-28(18-38(32,34-2)35-3)19-39(33,36-4)37-5/h23-24,32-33,38-39H,6-19H2,1-5H3,(H,25,30)(H,26,29)(H,27,31). The molecule has 0 rings (SSSR count). The van der Waals surface area contributed by atoms with Gasteiger partial charge in [-0.2, -0.15) is 0 Å². The third-order valence-electron chi connectivity index (χ3n) is 5.70. The fraction of sp³-hybridized carbons (Fsp3) is 0.864. The van der Waals surface area contributed by atoms with E-state index in [4.69, 9.17) is 18.1 Å². The molecule has 0 aromatic heterocycles. The summed E-state index contributed by atoms with van der Waals surface area (Å²) >= 11 is 0. The van der Waals surface area contributed by atoms with Gasteiger partial charge in [-0.05, 0) is 6.54 Å². The second kappa shape index (κ2) is 22.6. The van der Waals surface area contributed by atoms with E-state index in [0.717, 1.165) is 6.54 Å². The fourth-order valence-corrected chi connectivity index (χ4v) is 6.08. The van der Waals surface area contributed by atoms with E-state index in [1.54, 1.807) is 4.90 Å². The van der Waals surface area contributed by atoms with Crippen LogP contribution in [0.4, 0.5) is 0 Å². The Bertz CT molecular complexity index is 668. The van der Waals surface area contributed by atoms with E-state index in [1.165, 1.54) is 28.4 Å². The summed E-state index contributed by atoms with van der Waals surface area (Å²) in [5.74, 6) is -0.328. The van der Waals surface area contributed by atoms with Crippen molar-refractivity contribution in [2.24, 2.45) is 0 Å². The average Bonchev–Trinajstić information content (AvgIpc) is 2.92. The normalized spacial score (nSPS) is 12.8. The summed E-state index contributed by atoms with van der Waals surface area (Å²) in [6.45, 7) is 5.99. The first-order valence-corrected chi connectivity index (χ1v) is 17.1. The number of rotatable bonds is 25. The zero-order valence-corrected chi connectivity index (χ0v) is 26.1. The molecule has 234 valence electrons. The first-order chi connectivity index (χ1) is 18.6. The van der Waals surface area contributed by atoms with E-state index in [1.807, 2.05) is 6.92 Å². The Hall–Kier alpha value is -1.09. The zero-order chi connectivity index (χ0) is 29.6. The molecule has 0 atom stereocenters. The number of hydrogen-bond donors (Lipinski definition) is 7. The van der Waals surface area contributed by atoms with Gasteiger partial charge in [0.2, 0.25) is 5.91 Å². The summed E-state index contributed by atoms with van der Waals surface area (Å²) < 4.78 is 20.5. The molecule has 7 N–H and O–H groups in total. The molecule has 3 amide bonds. The van der Waals surface area contributed by atoms with E-state index in [-0.39, 0.29) is 43.1 Å². The van der Waals surface area contributed by atoms with Crippen LogP contribution in [0.25, 0.3) is 0 Å². The topological polar surface area (TPSA) is 192 Å². The van der Waals surface area contributed by atoms with Gasteiger partial charge in [-0.15, -0.1) is 0 Å². The van der Waals surface area contributed by atoms with Crippen LogP contribution in [0.15, 0.2) is 0 Å². The molecule has 0 radical (unpaired) electrons. The van der Waals surface area contributed by atoms with Crippen LogP contribution in [0.3, 0.4) is 0 Å². The maximum atomic E-state index is 12.2. The summed E-state index contributed by atoms with van der Waals surface area (Å²) in [6, 6.07) is 0. The molecule has 0 saturated heterocycles. The Morgan fingerprint density at radius 1 is 0.641 bits per heavy atom. The van der Waals surface area contributed by atoms with Crippen molar-refractivity contribution in [3.05, 3.63) is 0 Å². The Kier molecular flexibility index (Phi) is 22.0. The number of carbonyl (C=O) groups is 3. The monoisotopic (exact) mass is 606 g/mol. The number of nitrogens with zero attached hydrogens (tertiary/aromatic N) is 1. The van der Waals surface area contributed by atoms with Crippen LogP contribution in [0.5, 0.6) is 0 Å². The van der Waals surface area contributed by atoms with Crippen LogP contribution in [-0.4, -0.2) is 126 Å². The van der Waals surface area contributed by atoms with Gasteiger partial charge in [0, 0.05) is 32.6 Å². The van der Waals surface area contributed by atoms with Gasteiger partial charge in [0.25, 0.3) is 0 Å². The molecule has 0 heterocycles. The van der Waals surface area contributed by atoms with Crippen molar-refractivity contribution in [1.29, 1.82) is 0 Å². The fourth-order valence-electron chi connectivity index (χ4n) is 3.33. The predicted octanol–water partition coefficient (Wildman–Crippen LogP) is -1.13. The van der Waals surface area contributed by atoms with Gasteiger partial charge in [-0.25, -0.2) is 0 Å². The molecule has 0 saturated carbocycles. The third kappa shape index (κ3) is 19.6. The summed E-state index contributed by atoms with van der Waals surface area (Å²) in [5, 5.41) is 14.5. The Labute approximate surface area is 233 Å². The first-order valence-electron chi connectivity index (χ1n) is 13.2. The van der Waals surface area contributed by atoms with E-state index < -0.39 is 15.9 Å². The van der Waals surface area contributed by atoms with E-state index >= 15 is 0 Å². The Morgan fingerprint density at radius 3 is 1.49 bits per heavy atom. The first kappa shape index (κ1) is 37.9. The number of amides is 3. The van der Waals surface area contributed by atoms with Crippen LogP contribution < -0.4 is 26.6 Å². The molecular formula is C22H52N6O9P2. The van der Waals surface area contributed by atoms with Crippen LogP contribution in [-0.2, 0) is 32.5 Å². The van der Waals surface area contributed by atoms with Crippen molar-refractivity contribution in [1.82, 2.24) is 31.5 Å². The molecule has 0 bridgehead atoms. The van der Waals surface area contributed by atoms with Crippen molar-refractivity contribution >= 4 is 33.6 Å². The summed E-state index contributed by atoms with van der Waals surface area (Å²) in [6.07, 6.45) is 1.45. The molecule has 39 heavy (non-hydrogen) atoms. The van der Waals surface area contributed by atoms with Gasteiger partial charge in [-0.1, -0.05) is 6.92 Å². The van der Waals surface area contributed by atoms with Crippen LogP contribution >= 0.6 is 15.9 Å².